The lowest BCUT2D eigenvalue weighted by Gasteiger charge is -2.27. The molecule has 0 atom stereocenters. The van der Waals surface area contributed by atoms with Crippen LogP contribution in [0, 0.1) is 0 Å². The van der Waals surface area contributed by atoms with Gasteiger partial charge < -0.3 is 15.0 Å². The lowest BCUT2D eigenvalue weighted by Crippen LogP contribution is -2.30. The summed E-state index contributed by atoms with van der Waals surface area (Å²) in [6, 6.07) is 5.75. The van der Waals surface area contributed by atoms with Gasteiger partial charge in [-0.15, -0.1) is 6.58 Å². The van der Waals surface area contributed by atoms with E-state index in [9.17, 15) is 4.79 Å². The van der Waals surface area contributed by atoms with Crippen molar-refractivity contribution in [3.8, 4) is 0 Å². The van der Waals surface area contributed by atoms with Crippen LogP contribution in [0.15, 0.2) is 36.9 Å². The van der Waals surface area contributed by atoms with Gasteiger partial charge in [0, 0.05) is 37.4 Å². The summed E-state index contributed by atoms with van der Waals surface area (Å²) < 4.78 is 5.01. The maximum atomic E-state index is 10.6. The van der Waals surface area contributed by atoms with E-state index in [0.29, 0.717) is 0 Å². The van der Waals surface area contributed by atoms with E-state index < -0.39 is 0 Å². The van der Waals surface area contributed by atoms with E-state index in [0.717, 1.165) is 56.8 Å². The predicted octanol–water partition coefficient (Wildman–Crippen LogP) is 2.12. The molecular formula is C17H22N2O2. The third-order valence-electron chi connectivity index (χ3n) is 3.35. The van der Waals surface area contributed by atoms with Crippen molar-refractivity contribution in [2.45, 2.75) is 0 Å². The first-order chi connectivity index (χ1) is 10.3. The molecule has 1 aromatic rings. The molecule has 0 aromatic heterocycles. The molecule has 1 N–H and O–H groups in total. The van der Waals surface area contributed by atoms with Crippen molar-refractivity contribution in [3.05, 3.63) is 48.1 Å². The van der Waals surface area contributed by atoms with Crippen LogP contribution in [-0.2, 0) is 4.74 Å². The van der Waals surface area contributed by atoms with Crippen LogP contribution in [0.4, 0.5) is 5.69 Å². The quantitative estimate of drug-likeness (QED) is 0.683. The van der Waals surface area contributed by atoms with Crippen LogP contribution in [0.5, 0.6) is 0 Å². The Morgan fingerprint density at radius 1 is 1.33 bits per heavy atom. The van der Waals surface area contributed by atoms with E-state index in [-0.39, 0.29) is 0 Å². The topological polar surface area (TPSA) is 41.6 Å². The standard InChI is InChI=1S/C13H13NO.C4H9NO/c1-2-7-14-8-3-4-12-9-11(10-15)5-6-13(12)14;1-3-6-4-2-5-1/h2-6,9-10H,1,7-8H2;5H,1-4H2. The fourth-order valence-corrected chi connectivity index (χ4v) is 2.32. The second kappa shape index (κ2) is 8.39. The van der Waals surface area contributed by atoms with Gasteiger partial charge in [0.05, 0.1) is 13.2 Å². The van der Waals surface area contributed by atoms with Crippen LogP contribution >= 0.6 is 0 Å². The van der Waals surface area contributed by atoms with Gasteiger partial charge in [-0.1, -0.05) is 18.2 Å². The van der Waals surface area contributed by atoms with Gasteiger partial charge >= 0.3 is 0 Å². The molecule has 112 valence electrons. The van der Waals surface area contributed by atoms with Gasteiger partial charge in [-0.25, -0.2) is 0 Å². The number of nitrogens with one attached hydrogen (secondary N) is 1. The number of rotatable bonds is 3. The highest BCUT2D eigenvalue weighted by atomic mass is 16.5. The van der Waals surface area contributed by atoms with Crippen molar-refractivity contribution >= 4 is 18.0 Å². The molecule has 1 saturated heterocycles. The van der Waals surface area contributed by atoms with Crippen LogP contribution in [-0.4, -0.2) is 45.7 Å². The van der Waals surface area contributed by atoms with Crippen molar-refractivity contribution < 1.29 is 9.53 Å². The molecule has 21 heavy (non-hydrogen) atoms. The number of anilines is 1. The molecule has 4 heteroatoms. The Kier molecular flexibility index (Phi) is 6.19. The highest BCUT2D eigenvalue weighted by Gasteiger charge is 2.11. The lowest BCUT2D eigenvalue weighted by atomic mass is 10.0. The summed E-state index contributed by atoms with van der Waals surface area (Å²) in [7, 11) is 0. The number of benzene rings is 1. The smallest absolute Gasteiger partial charge is 0.150 e. The van der Waals surface area contributed by atoms with Crippen molar-refractivity contribution in [2.24, 2.45) is 0 Å². The average molecular weight is 286 g/mol. The summed E-state index contributed by atoms with van der Waals surface area (Å²) in [5, 5.41) is 3.16. The zero-order valence-electron chi connectivity index (χ0n) is 12.3. The number of morpholine rings is 1. The summed E-state index contributed by atoms with van der Waals surface area (Å²) >= 11 is 0. The first kappa shape index (κ1) is 15.5. The Balaban J connectivity index is 0.000000225. The van der Waals surface area contributed by atoms with Crippen LogP contribution in [0.2, 0.25) is 0 Å². The number of ether oxygens (including phenoxy) is 1. The highest BCUT2D eigenvalue weighted by molar-refractivity contribution is 5.81. The largest absolute Gasteiger partial charge is 0.379 e. The van der Waals surface area contributed by atoms with E-state index >= 15 is 0 Å². The maximum absolute atomic E-state index is 10.6. The van der Waals surface area contributed by atoms with Gasteiger partial charge in [0.25, 0.3) is 0 Å². The van der Waals surface area contributed by atoms with Crippen molar-refractivity contribution in [1.29, 1.82) is 0 Å². The molecule has 0 bridgehead atoms. The molecule has 0 saturated carbocycles. The molecule has 1 aromatic carbocycles. The Labute approximate surface area is 126 Å². The van der Waals surface area contributed by atoms with Crippen LogP contribution in [0.1, 0.15) is 15.9 Å². The maximum Gasteiger partial charge on any atom is 0.150 e. The van der Waals surface area contributed by atoms with Crippen molar-refractivity contribution in [2.75, 3.05) is 44.3 Å². The van der Waals surface area contributed by atoms with Crippen molar-refractivity contribution in [3.63, 3.8) is 0 Å². The van der Waals surface area contributed by atoms with Crippen molar-refractivity contribution in [1.82, 2.24) is 5.32 Å². The highest BCUT2D eigenvalue weighted by Crippen LogP contribution is 2.26. The average Bonchev–Trinajstić information content (AvgIpc) is 2.57. The minimum atomic E-state index is 0.721. The second-order valence-electron chi connectivity index (χ2n) is 4.89. The molecule has 0 aliphatic carbocycles. The number of carbonyl (C=O) groups excluding carboxylic acids is 1. The Morgan fingerprint density at radius 2 is 2.14 bits per heavy atom. The van der Waals surface area contributed by atoms with E-state index in [2.05, 4.69) is 28.9 Å². The molecular weight excluding hydrogens is 264 g/mol. The first-order valence-electron chi connectivity index (χ1n) is 7.25. The summed E-state index contributed by atoms with van der Waals surface area (Å²) in [6.07, 6.45) is 6.92. The number of hydrogen-bond donors (Lipinski definition) is 1. The van der Waals surface area contributed by atoms with Crippen LogP contribution < -0.4 is 10.2 Å². The predicted molar refractivity (Wildman–Crippen MR) is 87.0 cm³/mol. The normalized spacial score (nSPS) is 16.5. The van der Waals surface area contributed by atoms with Gasteiger partial charge in [0.2, 0.25) is 0 Å². The number of nitrogens with zero attached hydrogens (tertiary/aromatic N) is 1. The number of hydrogen-bond acceptors (Lipinski definition) is 4. The minimum absolute atomic E-state index is 0.721. The molecule has 2 aliphatic rings. The molecule has 2 heterocycles. The molecule has 3 rings (SSSR count). The fourth-order valence-electron chi connectivity index (χ4n) is 2.32. The van der Waals surface area contributed by atoms with Gasteiger partial charge in [0.1, 0.15) is 6.29 Å². The Morgan fingerprint density at radius 3 is 2.71 bits per heavy atom. The summed E-state index contributed by atoms with van der Waals surface area (Å²) in [4.78, 5) is 12.9. The lowest BCUT2D eigenvalue weighted by molar-refractivity contribution is 0.109. The Hall–Kier alpha value is -1.91. The Bertz CT molecular complexity index is 496. The minimum Gasteiger partial charge on any atom is -0.379 e. The van der Waals surface area contributed by atoms with Gasteiger partial charge in [0.15, 0.2) is 0 Å². The van der Waals surface area contributed by atoms with Crippen LogP contribution in [0.25, 0.3) is 6.08 Å². The molecule has 0 radical (unpaired) electrons. The first-order valence-corrected chi connectivity index (χ1v) is 7.25. The third kappa shape index (κ3) is 4.55. The second-order valence-corrected chi connectivity index (χ2v) is 4.89. The van der Waals surface area contributed by atoms with Gasteiger partial charge in [-0.2, -0.15) is 0 Å². The van der Waals surface area contributed by atoms with Crippen LogP contribution in [0.3, 0.4) is 0 Å². The van der Waals surface area contributed by atoms with E-state index in [1.54, 1.807) is 0 Å². The zero-order valence-corrected chi connectivity index (χ0v) is 12.3. The molecule has 0 unspecified atom stereocenters. The third-order valence-corrected chi connectivity index (χ3v) is 3.35. The summed E-state index contributed by atoms with van der Waals surface area (Å²) in [6.45, 7) is 9.31. The SMILES string of the molecule is C1COCCN1.C=CCN1CC=Cc2cc(C=O)ccc21. The molecule has 4 nitrogen and oxygen atoms in total. The summed E-state index contributed by atoms with van der Waals surface area (Å²) in [5.41, 5.74) is 2.99. The summed E-state index contributed by atoms with van der Waals surface area (Å²) in [5.74, 6) is 0. The van der Waals surface area contributed by atoms with E-state index in [4.69, 9.17) is 4.74 Å². The van der Waals surface area contributed by atoms with Gasteiger partial charge in [-0.3, -0.25) is 4.79 Å². The van der Waals surface area contributed by atoms with Gasteiger partial charge in [-0.05, 0) is 23.8 Å². The molecule has 2 aliphatic heterocycles. The molecule has 0 amide bonds. The fraction of sp³-hybridized carbons (Fsp3) is 0.353. The van der Waals surface area contributed by atoms with E-state index in [1.807, 2.05) is 24.3 Å². The van der Waals surface area contributed by atoms with E-state index in [1.165, 1.54) is 5.69 Å². The number of aldehydes is 1. The number of fused-ring (bicyclic) bond motifs is 1. The molecule has 1 fully saturated rings. The molecule has 0 spiro atoms. The zero-order chi connectivity index (χ0) is 14.9. The number of carbonyl (C=O) groups is 1. The monoisotopic (exact) mass is 286 g/mol.